The maximum Gasteiger partial charge on any atom is 0.417 e. The summed E-state index contributed by atoms with van der Waals surface area (Å²) < 4.78 is 69.4. The SMILES string of the molecule is CS(=O)(=O)OC1COCc2cc(C(F)(F)F)cnc21. The van der Waals surface area contributed by atoms with Crippen molar-refractivity contribution in [2.45, 2.75) is 18.9 Å². The molecule has 106 valence electrons. The molecule has 1 unspecified atom stereocenters. The van der Waals surface area contributed by atoms with Gasteiger partial charge in [0.15, 0.2) is 0 Å². The first-order valence-corrected chi connectivity index (χ1v) is 7.00. The van der Waals surface area contributed by atoms with E-state index in [1.807, 2.05) is 0 Å². The number of aromatic nitrogens is 1. The molecule has 1 atom stereocenters. The van der Waals surface area contributed by atoms with E-state index >= 15 is 0 Å². The van der Waals surface area contributed by atoms with Gasteiger partial charge in [-0.25, -0.2) is 0 Å². The average molecular weight is 297 g/mol. The number of ether oxygens (including phenoxy) is 1. The molecular formula is C10H10F3NO4S. The van der Waals surface area contributed by atoms with Gasteiger partial charge in [0.05, 0.1) is 30.7 Å². The maximum atomic E-state index is 12.5. The fourth-order valence-corrected chi connectivity index (χ4v) is 2.29. The van der Waals surface area contributed by atoms with E-state index < -0.39 is 28.0 Å². The lowest BCUT2D eigenvalue weighted by atomic mass is 10.1. The summed E-state index contributed by atoms with van der Waals surface area (Å²) in [5, 5.41) is 0. The molecule has 2 rings (SSSR count). The van der Waals surface area contributed by atoms with Gasteiger partial charge in [0.25, 0.3) is 10.1 Å². The molecule has 2 heterocycles. The minimum atomic E-state index is -4.51. The first kappa shape index (κ1) is 14.2. The summed E-state index contributed by atoms with van der Waals surface area (Å²) in [5.74, 6) is 0. The third-order valence-electron chi connectivity index (χ3n) is 2.45. The van der Waals surface area contributed by atoms with Crippen molar-refractivity contribution in [1.29, 1.82) is 0 Å². The van der Waals surface area contributed by atoms with Crippen molar-refractivity contribution >= 4 is 10.1 Å². The van der Waals surface area contributed by atoms with E-state index in [4.69, 9.17) is 8.92 Å². The van der Waals surface area contributed by atoms with Crippen LogP contribution in [0.3, 0.4) is 0 Å². The van der Waals surface area contributed by atoms with Gasteiger partial charge in [0.1, 0.15) is 6.10 Å². The van der Waals surface area contributed by atoms with Gasteiger partial charge in [-0.15, -0.1) is 0 Å². The molecule has 0 bridgehead atoms. The predicted molar refractivity (Wildman–Crippen MR) is 57.6 cm³/mol. The van der Waals surface area contributed by atoms with Crippen molar-refractivity contribution in [3.8, 4) is 0 Å². The Kier molecular flexibility index (Phi) is 3.54. The average Bonchev–Trinajstić information content (AvgIpc) is 2.25. The predicted octanol–water partition coefficient (Wildman–Crippen LogP) is 1.65. The summed E-state index contributed by atoms with van der Waals surface area (Å²) in [6.07, 6.45) is -4.01. The van der Waals surface area contributed by atoms with Crippen molar-refractivity contribution in [2.24, 2.45) is 0 Å². The van der Waals surface area contributed by atoms with Gasteiger partial charge < -0.3 is 4.74 Å². The molecule has 1 aliphatic rings. The van der Waals surface area contributed by atoms with Crippen LogP contribution in [-0.4, -0.2) is 26.3 Å². The number of hydrogen-bond donors (Lipinski definition) is 0. The standard InChI is InChI=1S/C10H10F3NO4S/c1-19(15,16)18-8-5-17-4-6-2-7(10(11,12)13)3-14-9(6)8/h2-3,8H,4-5H2,1H3. The molecule has 1 aromatic heterocycles. The van der Waals surface area contributed by atoms with Crippen molar-refractivity contribution < 1.29 is 30.5 Å². The first-order chi connectivity index (χ1) is 8.67. The van der Waals surface area contributed by atoms with Gasteiger partial charge in [-0.1, -0.05) is 0 Å². The normalized spacial score (nSPS) is 20.1. The number of rotatable bonds is 2. The van der Waals surface area contributed by atoms with Gasteiger partial charge in [-0.2, -0.15) is 21.6 Å². The highest BCUT2D eigenvalue weighted by Crippen LogP contribution is 2.33. The number of nitrogens with zero attached hydrogens (tertiary/aromatic N) is 1. The van der Waals surface area contributed by atoms with Crippen LogP contribution in [-0.2, 0) is 31.8 Å². The highest BCUT2D eigenvalue weighted by Gasteiger charge is 2.34. The topological polar surface area (TPSA) is 65.5 Å². The zero-order valence-electron chi connectivity index (χ0n) is 9.77. The Morgan fingerprint density at radius 2 is 2.16 bits per heavy atom. The van der Waals surface area contributed by atoms with Crippen LogP contribution in [0, 0.1) is 0 Å². The fourth-order valence-electron chi connectivity index (χ4n) is 1.72. The van der Waals surface area contributed by atoms with Crippen LogP contribution in [0.25, 0.3) is 0 Å². The van der Waals surface area contributed by atoms with E-state index in [1.165, 1.54) is 0 Å². The molecule has 1 aromatic rings. The number of hydrogen-bond acceptors (Lipinski definition) is 5. The van der Waals surface area contributed by atoms with E-state index in [0.29, 0.717) is 6.20 Å². The van der Waals surface area contributed by atoms with Crippen molar-refractivity contribution in [1.82, 2.24) is 4.98 Å². The van der Waals surface area contributed by atoms with Gasteiger partial charge in [-0.3, -0.25) is 9.17 Å². The Balaban J connectivity index is 2.36. The highest BCUT2D eigenvalue weighted by molar-refractivity contribution is 7.86. The second-order valence-electron chi connectivity index (χ2n) is 4.07. The summed E-state index contributed by atoms with van der Waals surface area (Å²) >= 11 is 0. The molecule has 5 nitrogen and oxygen atoms in total. The lowest BCUT2D eigenvalue weighted by molar-refractivity contribution is -0.138. The second-order valence-corrected chi connectivity index (χ2v) is 5.67. The number of fused-ring (bicyclic) bond motifs is 1. The summed E-state index contributed by atoms with van der Waals surface area (Å²) in [5.41, 5.74) is -0.575. The molecular weight excluding hydrogens is 287 g/mol. The van der Waals surface area contributed by atoms with Crippen LogP contribution in [0.15, 0.2) is 12.3 Å². The van der Waals surface area contributed by atoms with Crippen molar-refractivity contribution in [3.05, 3.63) is 29.1 Å². The molecule has 1 aliphatic heterocycles. The summed E-state index contributed by atoms with van der Waals surface area (Å²) in [4.78, 5) is 3.66. The van der Waals surface area contributed by atoms with Crippen LogP contribution in [0.4, 0.5) is 13.2 Å². The maximum absolute atomic E-state index is 12.5. The number of alkyl halides is 3. The first-order valence-electron chi connectivity index (χ1n) is 5.19. The van der Waals surface area contributed by atoms with E-state index in [1.54, 1.807) is 0 Å². The Hall–Kier alpha value is -1.19. The largest absolute Gasteiger partial charge is 0.417 e. The number of pyridine rings is 1. The van der Waals surface area contributed by atoms with E-state index in [2.05, 4.69) is 4.98 Å². The summed E-state index contributed by atoms with van der Waals surface area (Å²) in [7, 11) is -3.75. The number of halogens is 3. The Labute approximate surface area is 107 Å². The lowest BCUT2D eigenvalue weighted by Crippen LogP contribution is -2.24. The Morgan fingerprint density at radius 1 is 1.47 bits per heavy atom. The van der Waals surface area contributed by atoms with Gasteiger partial charge in [-0.05, 0) is 6.07 Å². The quantitative estimate of drug-likeness (QED) is 0.777. The molecule has 0 aromatic carbocycles. The third kappa shape index (κ3) is 3.43. The summed E-state index contributed by atoms with van der Waals surface area (Å²) in [6.45, 7) is -0.131. The van der Waals surface area contributed by atoms with E-state index in [-0.39, 0.29) is 24.5 Å². The van der Waals surface area contributed by atoms with Gasteiger partial charge in [0, 0.05) is 11.8 Å². The van der Waals surface area contributed by atoms with Crippen LogP contribution < -0.4 is 0 Å². The van der Waals surface area contributed by atoms with Gasteiger partial charge >= 0.3 is 6.18 Å². The summed E-state index contributed by atoms with van der Waals surface area (Å²) in [6, 6.07) is 0.889. The molecule has 0 saturated carbocycles. The Morgan fingerprint density at radius 3 is 2.74 bits per heavy atom. The lowest BCUT2D eigenvalue weighted by Gasteiger charge is -2.24. The second kappa shape index (κ2) is 4.73. The van der Waals surface area contributed by atoms with Crippen LogP contribution in [0.2, 0.25) is 0 Å². The van der Waals surface area contributed by atoms with Crippen LogP contribution >= 0.6 is 0 Å². The smallest absolute Gasteiger partial charge is 0.374 e. The molecule has 0 fully saturated rings. The minimum absolute atomic E-state index is 0.0596. The van der Waals surface area contributed by atoms with Gasteiger partial charge in [0.2, 0.25) is 0 Å². The van der Waals surface area contributed by atoms with Crippen LogP contribution in [0.1, 0.15) is 22.9 Å². The molecule has 9 heteroatoms. The Bertz CT molecular complexity index is 585. The molecule has 19 heavy (non-hydrogen) atoms. The highest BCUT2D eigenvalue weighted by atomic mass is 32.2. The molecule has 0 amide bonds. The van der Waals surface area contributed by atoms with Crippen molar-refractivity contribution in [2.75, 3.05) is 12.9 Å². The zero-order chi connectivity index (χ0) is 14.3. The third-order valence-corrected chi connectivity index (χ3v) is 3.03. The minimum Gasteiger partial charge on any atom is -0.374 e. The van der Waals surface area contributed by atoms with Crippen molar-refractivity contribution in [3.63, 3.8) is 0 Å². The van der Waals surface area contributed by atoms with E-state index in [0.717, 1.165) is 12.3 Å². The molecule has 0 radical (unpaired) electrons. The van der Waals surface area contributed by atoms with E-state index in [9.17, 15) is 21.6 Å². The zero-order valence-corrected chi connectivity index (χ0v) is 10.6. The molecule has 0 aliphatic carbocycles. The molecule has 0 N–H and O–H groups in total. The molecule has 0 saturated heterocycles. The van der Waals surface area contributed by atoms with Crippen LogP contribution in [0.5, 0.6) is 0 Å². The molecule has 0 spiro atoms. The monoisotopic (exact) mass is 297 g/mol. The fraction of sp³-hybridized carbons (Fsp3) is 0.500.